The Morgan fingerprint density at radius 3 is 2.35 bits per heavy atom. The maximum atomic E-state index is 13.6. The van der Waals surface area contributed by atoms with Crippen LogP contribution in [-0.4, -0.2) is 13.0 Å². The predicted octanol–water partition coefficient (Wildman–Crippen LogP) is 5.62. The third-order valence-corrected chi connectivity index (χ3v) is 6.09. The summed E-state index contributed by atoms with van der Waals surface area (Å²) < 4.78 is 12.2. The highest BCUT2D eigenvalue weighted by Gasteiger charge is 2.43. The predicted molar refractivity (Wildman–Crippen MR) is 123 cm³/mol. The molecule has 1 atom stereocenters. The van der Waals surface area contributed by atoms with Crippen LogP contribution in [0.3, 0.4) is 0 Å². The van der Waals surface area contributed by atoms with E-state index in [0.29, 0.717) is 28.0 Å². The molecule has 5 nitrogen and oxygen atoms in total. The number of fused-ring (bicyclic) bond motifs is 2. The minimum Gasteiger partial charge on any atom is -0.497 e. The zero-order valence-corrected chi connectivity index (χ0v) is 18.5. The highest BCUT2D eigenvalue weighted by molar-refractivity contribution is 9.10. The van der Waals surface area contributed by atoms with Gasteiger partial charge in [-0.25, -0.2) is 0 Å². The van der Waals surface area contributed by atoms with Crippen LogP contribution in [0, 0.1) is 6.92 Å². The molecule has 0 saturated carbocycles. The summed E-state index contributed by atoms with van der Waals surface area (Å²) in [5.74, 6) is 0.432. The fraction of sp³-hybridized carbons (Fsp3) is 0.120. The summed E-state index contributed by atoms with van der Waals surface area (Å²) in [7, 11) is 1.59. The lowest BCUT2D eigenvalue weighted by atomic mass is 9.98. The van der Waals surface area contributed by atoms with E-state index in [-0.39, 0.29) is 17.1 Å². The van der Waals surface area contributed by atoms with Crippen molar-refractivity contribution in [2.45, 2.75) is 13.0 Å². The molecule has 1 aromatic heterocycles. The van der Waals surface area contributed by atoms with E-state index in [9.17, 15) is 9.59 Å². The highest BCUT2D eigenvalue weighted by Crippen LogP contribution is 2.41. The Kier molecular flexibility index (Phi) is 4.67. The molecule has 1 unspecified atom stereocenters. The van der Waals surface area contributed by atoms with Crippen LogP contribution in [-0.2, 0) is 0 Å². The summed E-state index contributed by atoms with van der Waals surface area (Å²) in [5, 5.41) is 0.477. The number of anilines is 1. The summed E-state index contributed by atoms with van der Waals surface area (Å²) in [5.41, 5.74) is 3.03. The molecule has 0 spiro atoms. The van der Waals surface area contributed by atoms with Crippen LogP contribution in [0.2, 0.25) is 0 Å². The summed E-state index contributed by atoms with van der Waals surface area (Å²) in [4.78, 5) is 28.7. The zero-order valence-electron chi connectivity index (χ0n) is 16.9. The van der Waals surface area contributed by atoms with Gasteiger partial charge in [-0.15, -0.1) is 0 Å². The van der Waals surface area contributed by atoms with E-state index in [4.69, 9.17) is 9.15 Å². The Labute approximate surface area is 187 Å². The van der Waals surface area contributed by atoms with Gasteiger partial charge in [0.15, 0.2) is 5.43 Å². The number of carbonyl (C=O) groups excluding carboxylic acids is 1. The summed E-state index contributed by atoms with van der Waals surface area (Å²) in [6.45, 7) is 1.92. The topological polar surface area (TPSA) is 59.8 Å². The molecule has 1 aliphatic heterocycles. The normalized spacial score (nSPS) is 15.4. The van der Waals surface area contributed by atoms with Gasteiger partial charge in [0.05, 0.1) is 24.1 Å². The van der Waals surface area contributed by atoms with Crippen molar-refractivity contribution < 1.29 is 13.9 Å². The largest absolute Gasteiger partial charge is 0.497 e. The van der Waals surface area contributed by atoms with E-state index in [1.807, 2.05) is 49.4 Å². The van der Waals surface area contributed by atoms with Gasteiger partial charge in [-0.1, -0.05) is 39.7 Å². The number of benzene rings is 3. The second kappa shape index (κ2) is 7.39. The maximum absolute atomic E-state index is 13.6. The molecule has 0 aliphatic carbocycles. The third kappa shape index (κ3) is 3.15. The van der Waals surface area contributed by atoms with Gasteiger partial charge < -0.3 is 9.15 Å². The Hall–Kier alpha value is -3.38. The summed E-state index contributed by atoms with van der Waals surface area (Å²) >= 11 is 3.45. The standard InChI is InChI=1S/C25H18BrNO4/c1-14-3-12-20-19(13-14)23(28)21-22(15-4-6-16(26)7-5-15)27(25(29)24(21)31-20)17-8-10-18(30-2)11-9-17/h3-13,22H,1-2H3. The Bertz CT molecular complexity index is 1370. The lowest BCUT2D eigenvalue weighted by Gasteiger charge is -2.25. The second-order valence-corrected chi connectivity index (χ2v) is 8.42. The second-order valence-electron chi connectivity index (χ2n) is 7.50. The Balaban J connectivity index is 1.78. The Morgan fingerprint density at radius 1 is 0.968 bits per heavy atom. The Morgan fingerprint density at radius 2 is 1.68 bits per heavy atom. The molecule has 1 amide bonds. The van der Waals surface area contributed by atoms with Crippen LogP contribution in [0.25, 0.3) is 11.0 Å². The van der Waals surface area contributed by atoms with Crippen molar-refractivity contribution in [1.29, 1.82) is 0 Å². The molecule has 1 aliphatic rings. The van der Waals surface area contributed by atoms with Crippen molar-refractivity contribution in [1.82, 2.24) is 0 Å². The van der Waals surface area contributed by atoms with Crippen LogP contribution < -0.4 is 15.1 Å². The molecule has 4 aromatic rings. The molecule has 3 aromatic carbocycles. The van der Waals surface area contributed by atoms with E-state index in [1.165, 1.54) is 0 Å². The van der Waals surface area contributed by atoms with Crippen molar-refractivity contribution >= 4 is 38.5 Å². The van der Waals surface area contributed by atoms with Crippen LogP contribution in [0.5, 0.6) is 5.75 Å². The quantitative estimate of drug-likeness (QED) is 0.385. The van der Waals surface area contributed by atoms with Crippen molar-refractivity contribution in [3.05, 3.63) is 104 Å². The lowest BCUT2D eigenvalue weighted by molar-refractivity contribution is 0.0971. The van der Waals surface area contributed by atoms with Crippen LogP contribution in [0.1, 0.15) is 33.3 Å². The smallest absolute Gasteiger partial charge is 0.295 e. The average Bonchev–Trinajstić information content (AvgIpc) is 3.07. The fourth-order valence-electron chi connectivity index (χ4n) is 4.06. The fourth-order valence-corrected chi connectivity index (χ4v) is 4.32. The minimum absolute atomic E-state index is 0.0880. The first-order valence-electron chi connectivity index (χ1n) is 9.78. The number of methoxy groups -OCH3 is 1. The molecule has 0 radical (unpaired) electrons. The number of ether oxygens (including phenoxy) is 1. The number of carbonyl (C=O) groups is 1. The monoisotopic (exact) mass is 475 g/mol. The first kappa shape index (κ1) is 19.6. The van der Waals surface area contributed by atoms with Gasteiger partial charge in [0.2, 0.25) is 5.76 Å². The van der Waals surface area contributed by atoms with E-state index in [1.54, 1.807) is 36.3 Å². The number of halogens is 1. The van der Waals surface area contributed by atoms with Gasteiger partial charge in [-0.3, -0.25) is 14.5 Å². The molecule has 0 fully saturated rings. The molecular weight excluding hydrogens is 458 g/mol. The summed E-state index contributed by atoms with van der Waals surface area (Å²) in [6.07, 6.45) is 0. The first-order chi connectivity index (χ1) is 15.0. The van der Waals surface area contributed by atoms with Gasteiger partial charge in [-0.05, 0) is 61.0 Å². The number of hydrogen-bond acceptors (Lipinski definition) is 4. The van der Waals surface area contributed by atoms with Crippen molar-refractivity contribution in [2.24, 2.45) is 0 Å². The van der Waals surface area contributed by atoms with E-state index >= 15 is 0 Å². The molecule has 2 heterocycles. The van der Waals surface area contributed by atoms with Gasteiger partial charge in [0, 0.05) is 10.2 Å². The van der Waals surface area contributed by atoms with Gasteiger partial charge in [0.1, 0.15) is 11.3 Å². The van der Waals surface area contributed by atoms with Crippen LogP contribution >= 0.6 is 15.9 Å². The summed E-state index contributed by atoms with van der Waals surface area (Å²) in [6, 6.07) is 19.6. The maximum Gasteiger partial charge on any atom is 0.295 e. The number of amides is 1. The van der Waals surface area contributed by atoms with E-state index in [0.717, 1.165) is 15.6 Å². The minimum atomic E-state index is -0.592. The molecule has 0 bridgehead atoms. The third-order valence-electron chi connectivity index (χ3n) is 5.56. The molecule has 31 heavy (non-hydrogen) atoms. The van der Waals surface area contributed by atoms with Gasteiger partial charge >= 0.3 is 0 Å². The van der Waals surface area contributed by atoms with E-state index < -0.39 is 6.04 Å². The van der Waals surface area contributed by atoms with Gasteiger partial charge in [0.25, 0.3) is 5.91 Å². The number of aryl methyl sites for hydroxylation is 1. The van der Waals surface area contributed by atoms with Gasteiger partial charge in [-0.2, -0.15) is 0 Å². The zero-order chi connectivity index (χ0) is 21.7. The SMILES string of the molecule is COc1ccc(N2C(=O)c3oc4ccc(C)cc4c(=O)c3C2c2ccc(Br)cc2)cc1. The first-order valence-corrected chi connectivity index (χ1v) is 10.6. The molecule has 6 heteroatoms. The highest BCUT2D eigenvalue weighted by atomic mass is 79.9. The number of nitrogens with zero attached hydrogens (tertiary/aromatic N) is 1. The van der Waals surface area contributed by atoms with Crippen LogP contribution in [0.15, 0.2) is 80.4 Å². The van der Waals surface area contributed by atoms with Crippen molar-refractivity contribution in [3.8, 4) is 5.75 Å². The molecule has 0 saturated heterocycles. The van der Waals surface area contributed by atoms with Crippen LogP contribution in [0.4, 0.5) is 5.69 Å². The lowest BCUT2D eigenvalue weighted by Crippen LogP contribution is -2.29. The molecule has 5 rings (SSSR count). The van der Waals surface area contributed by atoms with Crippen molar-refractivity contribution in [2.75, 3.05) is 12.0 Å². The molecule has 154 valence electrons. The average molecular weight is 476 g/mol. The number of rotatable bonds is 3. The molecular formula is C25H18BrNO4. The molecule has 0 N–H and O–H groups in total. The van der Waals surface area contributed by atoms with Crippen molar-refractivity contribution in [3.63, 3.8) is 0 Å². The number of hydrogen-bond donors (Lipinski definition) is 0. The van der Waals surface area contributed by atoms with E-state index in [2.05, 4.69) is 15.9 Å².